The second-order valence-electron chi connectivity index (χ2n) is 8.33. The number of rotatable bonds is 6. The summed E-state index contributed by atoms with van der Waals surface area (Å²) >= 11 is 0. The molecule has 2 unspecified atom stereocenters. The zero-order valence-corrected chi connectivity index (χ0v) is 16.6. The second kappa shape index (κ2) is 8.26. The Balaban J connectivity index is 1.69. The summed E-state index contributed by atoms with van der Waals surface area (Å²) < 4.78 is 5.25. The summed E-state index contributed by atoms with van der Waals surface area (Å²) in [5, 5.41) is 3.68. The van der Waals surface area contributed by atoms with E-state index in [-0.39, 0.29) is 23.5 Å². The Morgan fingerprint density at radius 1 is 1.31 bits per heavy atom. The number of methoxy groups -OCH3 is 1. The van der Waals surface area contributed by atoms with Gasteiger partial charge >= 0.3 is 0 Å². The smallest absolute Gasteiger partial charge is 0.241 e. The van der Waals surface area contributed by atoms with E-state index in [1.807, 2.05) is 9.80 Å². The fraction of sp³-hybridized carbons (Fsp3) is 0.900. The molecule has 3 rings (SSSR count). The van der Waals surface area contributed by atoms with E-state index in [9.17, 15) is 9.59 Å². The third-order valence-corrected chi connectivity index (χ3v) is 6.81. The van der Waals surface area contributed by atoms with Crippen molar-refractivity contribution < 1.29 is 14.3 Å². The van der Waals surface area contributed by atoms with Gasteiger partial charge in [0.1, 0.15) is 0 Å². The third kappa shape index (κ3) is 3.63. The first-order valence-corrected chi connectivity index (χ1v) is 10.4. The van der Waals surface area contributed by atoms with Gasteiger partial charge in [-0.1, -0.05) is 33.1 Å². The van der Waals surface area contributed by atoms with Crippen LogP contribution in [0.15, 0.2) is 0 Å². The second-order valence-corrected chi connectivity index (χ2v) is 8.33. The lowest BCUT2D eigenvalue weighted by atomic mass is 9.94. The number of hydrogen-bond donors (Lipinski definition) is 1. The fourth-order valence-electron chi connectivity index (χ4n) is 4.88. The molecule has 0 aromatic carbocycles. The molecule has 2 aliphatic heterocycles. The fourth-order valence-corrected chi connectivity index (χ4v) is 4.88. The summed E-state index contributed by atoms with van der Waals surface area (Å²) in [5.74, 6) is 1.08. The van der Waals surface area contributed by atoms with Crippen molar-refractivity contribution in [2.45, 2.75) is 70.5 Å². The van der Waals surface area contributed by atoms with Crippen molar-refractivity contribution in [2.75, 3.05) is 33.4 Å². The SMILES string of the molecule is CCC(C)C1NC2(CCN(C(=O)C3CCCC3)CC2)N(CCOC)C1=O. The van der Waals surface area contributed by atoms with Crippen LogP contribution < -0.4 is 5.32 Å². The highest BCUT2D eigenvalue weighted by Gasteiger charge is 2.52. The number of carbonyl (C=O) groups is 2. The van der Waals surface area contributed by atoms with E-state index in [4.69, 9.17) is 4.74 Å². The predicted molar refractivity (Wildman–Crippen MR) is 100 cm³/mol. The van der Waals surface area contributed by atoms with Crippen LogP contribution in [0.25, 0.3) is 0 Å². The predicted octanol–water partition coefficient (Wildman–Crippen LogP) is 1.99. The van der Waals surface area contributed by atoms with E-state index in [0.29, 0.717) is 25.0 Å². The van der Waals surface area contributed by atoms with Crippen LogP contribution in [-0.4, -0.2) is 66.7 Å². The molecule has 3 aliphatic rings. The van der Waals surface area contributed by atoms with E-state index in [2.05, 4.69) is 19.2 Å². The molecule has 0 aromatic heterocycles. The topological polar surface area (TPSA) is 61.9 Å². The van der Waals surface area contributed by atoms with Crippen molar-refractivity contribution in [1.29, 1.82) is 0 Å². The quantitative estimate of drug-likeness (QED) is 0.782. The minimum atomic E-state index is -0.309. The maximum atomic E-state index is 13.0. The van der Waals surface area contributed by atoms with Crippen LogP contribution in [0.3, 0.4) is 0 Å². The summed E-state index contributed by atoms with van der Waals surface area (Å²) in [5.41, 5.74) is -0.309. The highest BCUT2D eigenvalue weighted by atomic mass is 16.5. The first-order chi connectivity index (χ1) is 12.5. The van der Waals surface area contributed by atoms with Gasteiger partial charge in [-0.25, -0.2) is 0 Å². The van der Waals surface area contributed by atoms with E-state index in [0.717, 1.165) is 45.2 Å². The number of piperidine rings is 1. The van der Waals surface area contributed by atoms with Gasteiger partial charge in [0.05, 0.1) is 18.3 Å². The van der Waals surface area contributed by atoms with Gasteiger partial charge < -0.3 is 14.5 Å². The number of nitrogens with one attached hydrogen (secondary N) is 1. The van der Waals surface area contributed by atoms with Crippen molar-refractivity contribution in [1.82, 2.24) is 15.1 Å². The number of likely N-dealkylation sites (tertiary alicyclic amines) is 1. The molecule has 0 aromatic rings. The van der Waals surface area contributed by atoms with Crippen LogP contribution in [0.1, 0.15) is 58.8 Å². The Bertz CT molecular complexity index is 510. The van der Waals surface area contributed by atoms with Crippen LogP contribution in [0.2, 0.25) is 0 Å². The van der Waals surface area contributed by atoms with E-state index in [1.54, 1.807) is 7.11 Å². The van der Waals surface area contributed by atoms with Crippen LogP contribution in [0.4, 0.5) is 0 Å². The molecule has 0 bridgehead atoms. The van der Waals surface area contributed by atoms with Gasteiger partial charge in [0, 0.05) is 45.5 Å². The molecule has 26 heavy (non-hydrogen) atoms. The molecule has 1 N–H and O–H groups in total. The maximum absolute atomic E-state index is 13.0. The Hall–Kier alpha value is -1.14. The summed E-state index contributed by atoms with van der Waals surface area (Å²) in [6.45, 7) is 6.92. The lowest BCUT2D eigenvalue weighted by molar-refractivity contribution is -0.140. The van der Waals surface area contributed by atoms with Gasteiger partial charge in [-0.2, -0.15) is 0 Å². The van der Waals surface area contributed by atoms with E-state index >= 15 is 0 Å². The molecule has 6 heteroatoms. The van der Waals surface area contributed by atoms with Crippen molar-refractivity contribution in [3.8, 4) is 0 Å². The number of carbonyl (C=O) groups excluding carboxylic acids is 2. The number of ether oxygens (including phenoxy) is 1. The highest BCUT2D eigenvalue weighted by molar-refractivity contribution is 5.85. The number of hydrogen-bond acceptors (Lipinski definition) is 4. The zero-order valence-electron chi connectivity index (χ0n) is 16.6. The highest BCUT2D eigenvalue weighted by Crippen LogP contribution is 2.36. The average molecular weight is 366 g/mol. The summed E-state index contributed by atoms with van der Waals surface area (Å²) in [4.78, 5) is 29.8. The molecule has 2 saturated heterocycles. The first kappa shape index (κ1) is 19.6. The molecule has 2 amide bonds. The van der Waals surface area contributed by atoms with Crippen molar-refractivity contribution in [3.63, 3.8) is 0 Å². The Kier molecular flexibility index (Phi) is 6.23. The molecule has 3 fully saturated rings. The molecule has 1 aliphatic carbocycles. The van der Waals surface area contributed by atoms with Crippen molar-refractivity contribution in [3.05, 3.63) is 0 Å². The van der Waals surface area contributed by atoms with Crippen LogP contribution >= 0.6 is 0 Å². The molecule has 1 spiro atoms. The molecule has 0 radical (unpaired) electrons. The molecule has 1 saturated carbocycles. The lowest BCUT2D eigenvalue weighted by Crippen LogP contribution is -2.60. The van der Waals surface area contributed by atoms with Gasteiger partial charge in [-0.3, -0.25) is 14.9 Å². The van der Waals surface area contributed by atoms with E-state index in [1.165, 1.54) is 12.8 Å². The molecule has 148 valence electrons. The van der Waals surface area contributed by atoms with Crippen LogP contribution in [-0.2, 0) is 14.3 Å². The number of amides is 2. The molecule has 2 atom stereocenters. The van der Waals surface area contributed by atoms with Gasteiger partial charge in [0.25, 0.3) is 0 Å². The number of nitrogens with zero attached hydrogens (tertiary/aromatic N) is 2. The standard InChI is InChI=1S/C20H35N3O3/c1-4-15(2)17-19(25)23(13-14-26-3)20(21-17)9-11-22(12-10-20)18(24)16-7-5-6-8-16/h15-17,21H,4-14H2,1-3H3. The van der Waals surface area contributed by atoms with Gasteiger partial charge in [0.2, 0.25) is 11.8 Å². The normalized spacial score (nSPS) is 27.5. The van der Waals surface area contributed by atoms with E-state index < -0.39 is 0 Å². The molecule has 6 nitrogen and oxygen atoms in total. The molecule has 2 heterocycles. The maximum Gasteiger partial charge on any atom is 0.241 e. The minimum Gasteiger partial charge on any atom is -0.383 e. The van der Waals surface area contributed by atoms with Gasteiger partial charge in [-0.05, 0) is 18.8 Å². The first-order valence-electron chi connectivity index (χ1n) is 10.4. The summed E-state index contributed by atoms with van der Waals surface area (Å²) in [6.07, 6.45) is 7.07. The Morgan fingerprint density at radius 2 is 1.96 bits per heavy atom. The minimum absolute atomic E-state index is 0.117. The van der Waals surface area contributed by atoms with Gasteiger partial charge in [-0.15, -0.1) is 0 Å². The summed E-state index contributed by atoms with van der Waals surface area (Å²) in [6, 6.07) is -0.117. The Labute approximate surface area is 157 Å². The zero-order chi connectivity index (χ0) is 18.7. The average Bonchev–Trinajstić information content (AvgIpc) is 3.28. The van der Waals surface area contributed by atoms with Crippen LogP contribution in [0, 0.1) is 11.8 Å². The third-order valence-electron chi connectivity index (χ3n) is 6.81. The molecular formula is C20H35N3O3. The van der Waals surface area contributed by atoms with Crippen molar-refractivity contribution in [2.24, 2.45) is 11.8 Å². The van der Waals surface area contributed by atoms with Crippen LogP contribution in [0.5, 0.6) is 0 Å². The lowest BCUT2D eigenvalue weighted by Gasteiger charge is -2.45. The molecular weight excluding hydrogens is 330 g/mol. The summed E-state index contributed by atoms with van der Waals surface area (Å²) in [7, 11) is 1.68. The van der Waals surface area contributed by atoms with Gasteiger partial charge in [0.15, 0.2) is 0 Å². The Morgan fingerprint density at radius 3 is 2.54 bits per heavy atom. The monoisotopic (exact) mass is 365 g/mol. The largest absolute Gasteiger partial charge is 0.383 e. The van der Waals surface area contributed by atoms with Crippen molar-refractivity contribution >= 4 is 11.8 Å².